The highest BCUT2D eigenvalue weighted by Gasteiger charge is 2.23. The van der Waals surface area contributed by atoms with Crippen molar-refractivity contribution in [3.05, 3.63) is 12.4 Å². The van der Waals surface area contributed by atoms with E-state index in [9.17, 15) is 4.79 Å². The molecular weight excluding hydrogens is 236 g/mol. The molecule has 0 aromatic carbocycles. The van der Waals surface area contributed by atoms with Crippen molar-refractivity contribution in [3.63, 3.8) is 0 Å². The van der Waals surface area contributed by atoms with Crippen LogP contribution in [0.4, 0.5) is 0 Å². The molecule has 1 aromatic rings. The van der Waals surface area contributed by atoms with E-state index in [2.05, 4.69) is 10.3 Å². The summed E-state index contributed by atoms with van der Waals surface area (Å²) in [6.07, 6.45) is 3.65. The summed E-state index contributed by atoms with van der Waals surface area (Å²) in [4.78, 5) is 18.3. The molecule has 1 N–H and O–H groups in total. The predicted octanol–water partition coefficient (Wildman–Crippen LogP) is 0.332. The van der Waals surface area contributed by atoms with Gasteiger partial charge in [0, 0.05) is 45.6 Å². The van der Waals surface area contributed by atoms with Crippen molar-refractivity contribution in [2.45, 2.75) is 17.3 Å². The van der Waals surface area contributed by atoms with Gasteiger partial charge < -0.3 is 14.8 Å². The van der Waals surface area contributed by atoms with Gasteiger partial charge in [0.05, 0.1) is 5.25 Å². The second-order valence-corrected chi connectivity index (χ2v) is 5.46. The van der Waals surface area contributed by atoms with Gasteiger partial charge in [-0.25, -0.2) is 4.98 Å². The van der Waals surface area contributed by atoms with Crippen LogP contribution in [0.2, 0.25) is 0 Å². The Bertz CT molecular complexity index is 387. The molecule has 1 amide bonds. The van der Waals surface area contributed by atoms with Crippen molar-refractivity contribution in [1.82, 2.24) is 19.8 Å². The first kappa shape index (κ1) is 12.4. The van der Waals surface area contributed by atoms with Gasteiger partial charge in [0.1, 0.15) is 0 Å². The third-order valence-corrected chi connectivity index (χ3v) is 3.99. The Hall–Kier alpha value is -1.01. The molecule has 0 aliphatic carbocycles. The maximum Gasteiger partial charge on any atom is 0.235 e. The first-order valence-corrected chi connectivity index (χ1v) is 6.70. The first-order chi connectivity index (χ1) is 8.18. The molecule has 1 aromatic heterocycles. The average Bonchev–Trinajstić information content (AvgIpc) is 2.75. The predicted molar refractivity (Wildman–Crippen MR) is 68.0 cm³/mol. The lowest BCUT2D eigenvalue weighted by Gasteiger charge is -2.29. The highest BCUT2D eigenvalue weighted by molar-refractivity contribution is 8.00. The van der Waals surface area contributed by atoms with Crippen LogP contribution in [-0.4, -0.2) is 51.8 Å². The number of nitrogens with one attached hydrogen (secondary N) is 1. The molecule has 94 valence electrons. The van der Waals surface area contributed by atoms with Gasteiger partial charge in [0.15, 0.2) is 5.16 Å². The fourth-order valence-electron chi connectivity index (χ4n) is 1.82. The Morgan fingerprint density at radius 1 is 1.53 bits per heavy atom. The van der Waals surface area contributed by atoms with Gasteiger partial charge in [-0.3, -0.25) is 4.79 Å². The fraction of sp³-hybridized carbons (Fsp3) is 0.636. The van der Waals surface area contributed by atoms with Crippen LogP contribution in [0.25, 0.3) is 0 Å². The van der Waals surface area contributed by atoms with E-state index in [0.29, 0.717) is 0 Å². The van der Waals surface area contributed by atoms with Gasteiger partial charge in [-0.1, -0.05) is 11.8 Å². The van der Waals surface area contributed by atoms with E-state index in [4.69, 9.17) is 0 Å². The molecular formula is C11H18N4OS. The Morgan fingerprint density at radius 3 is 2.82 bits per heavy atom. The highest BCUT2D eigenvalue weighted by atomic mass is 32.2. The largest absolute Gasteiger partial charge is 0.339 e. The van der Waals surface area contributed by atoms with Crippen LogP contribution in [0.1, 0.15) is 6.92 Å². The number of carbonyl (C=O) groups is 1. The number of thioether (sulfide) groups is 1. The summed E-state index contributed by atoms with van der Waals surface area (Å²) in [7, 11) is 1.94. The molecule has 2 rings (SSSR count). The first-order valence-electron chi connectivity index (χ1n) is 5.82. The molecule has 0 spiro atoms. The summed E-state index contributed by atoms with van der Waals surface area (Å²) in [6, 6.07) is 0. The molecule has 0 bridgehead atoms. The topological polar surface area (TPSA) is 50.2 Å². The van der Waals surface area contributed by atoms with Crippen molar-refractivity contribution < 1.29 is 4.79 Å². The quantitative estimate of drug-likeness (QED) is 0.790. The molecule has 1 aliphatic rings. The van der Waals surface area contributed by atoms with Gasteiger partial charge in [0.25, 0.3) is 0 Å². The van der Waals surface area contributed by atoms with E-state index in [1.165, 1.54) is 11.8 Å². The second-order valence-electron chi connectivity index (χ2n) is 4.16. The molecule has 2 heterocycles. The van der Waals surface area contributed by atoms with Gasteiger partial charge in [0.2, 0.25) is 5.91 Å². The van der Waals surface area contributed by atoms with Crippen LogP contribution in [0.15, 0.2) is 17.6 Å². The second kappa shape index (κ2) is 5.55. The number of imidazole rings is 1. The van der Waals surface area contributed by atoms with Crippen LogP contribution < -0.4 is 5.32 Å². The van der Waals surface area contributed by atoms with Gasteiger partial charge in [-0.15, -0.1) is 0 Å². The van der Waals surface area contributed by atoms with Crippen molar-refractivity contribution >= 4 is 17.7 Å². The molecule has 1 fully saturated rings. The number of hydrogen-bond acceptors (Lipinski definition) is 4. The summed E-state index contributed by atoms with van der Waals surface area (Å²) in [6.45, 7) is 5.36. The Labute approximate surface area is 106 Å². The Kier molecular flexibility index (Phi) is 4.06. The maximum absolute atomic E-state index is 12.2. The summed E-state index contributed by atoms with van der Waals surface area (Å²) in [5.74, 6) is 0.208. The molecule has 1 unspecified atom stereocenters. The standard InChI is InChI=1S/C11H18N4OS/c1-9(17-11-13-5-6-14(11)2)10(16)15-7-3-12-4-8-15/h5-6,9,12H,3-4,7-8H2,1-2H3. The Balaban J connectivity index is 1.93. The number of carbonyl (C=O) groups excluding carboxylic acids is 1. The van der Waals surface area contributed by atoms with Crippen molar-refractivity contribution in [2.24, 2.45) is 7.05 Å². The van der Waals surface area contributed by atoms with Crippen LogP contribution in [0.5, 0.6) is 0 Å². The number of aromatic nitrogens is 2. The van der Waals surface area contributed by atoms with E-state index in [0.717, 1.165) is 31.3 Å². The lowest BCUT2D eigenvalue weighted by atomic mass is 10.3. The number of piperazine rings is 1. The fourth-order valence-corrected chi connectivity index (χ4v) is 2.73. The Morgan fingerprint density at radius 2 is 2.24 bits per heavy atom. The molecule has 1 saturated heterocycles. The third-order valence-electron chi connectivity index (χ3n) is 2.84. The zero-order chi connectivity index (χ0) is 12.3. The number of aryl methyl sites for hydroxylation is 1. The summed E-state index contributed by atoms with van der Waals surface area (Å²) >= 11 is 1.52. The number of hydrogen-bond donors (Lipinski definition) is 1. The lowest BCUT2D eigenvalue weighted by Crippen LogP contribution is -2.48. The van der Waals surface area contributed by atoms with Crippen LogP contribution in [0, 0.1) is 0 Å². The van der Waals surface area contributed by atoms with E-state index in [1.54, 1.807) is 6.20 Å². The minimum Gasteiger partial charge on any atom is -0.339 e. The molecule has 0 radical (unpaired) electrons. The van der Waals surface area contributed by atoms with Gasteiger partial charge in [-0.05, 0) is 6.92 Å². The normalized spacial score (nSPS) is 18.1. The van der Waals surface area contributed by atoms with E-state index < -0.39 is 0 Å². The van der Waals surface area contributed by atoms with Crippen molar-refractivity contribution in [2.75, 3.05) is 26.2 Å². The number of nitrogens with zero attached hydrogens (tertiary/aromatic N) is 3. The molecule has 1 aliphatic heterocycles. The summed E-state index contributed by atoms with van der Waals surface area (Å²) in [5, 5.41) is 4.06. The minimum absolute atomic E-state index is 0.0748. The smallest absolute Gasteiger partial charge is 0.235 e. The maximum atomic E-state index is 12.2. The third kappa shape index (κ3) is 3.01. The highest BCUT2D eigenvalue weighted by Crippen LogP contribution is 2.22. The lowest BCUT2D eigenvalue weighted by molar-refractivity contribution is -0.130. The summed E-state index contributed by atoms with van der Waals surface area (Å²) in [5.41, 5.74) is 0. The van der Waals surface area contributed by atoms with Crippen LogP contribution >= 0.6 is 11.8 Å². The minimum atomic E-state index is -0.0748. The number of rotatable bonds is 3. The van der Waals surface area contributed by atoms with E-state index in [1.807, 2.05) is 29.6 Å². The molecule has 17 heavy (non-hydrogen) atoms. The monoisotopic (exact) mass is 254 g/mol. The van der Waals surface area contributed by atoms with Crippen molar-refractivity contribution in [3.8, 4) is 0 Å². The summed E-state index contributed by atoms with van der Waals surface area (Å²) < 4.78 is 1.94. The van der Waals surface area contributed by atoms with E-state index in [-0.39, 0.29) is 11.2 Å². The molecule has 6 heteroatoms. The van der Waals surface area contributed by atoms with Crippen LogP contribution in [0.3, 0.4) is 0 Å². The van der Waals surface area contributed by atoms with Gasteiger partial charge in [-0.2, -0.15) is 0 Å². The SMILES string of the molecule is CC(Sc1nccn1C)C(=O)N1CCNCC1. The molecule has 0 saturated carbocycles. The van der Waals surface area contributed by atoms with Crippen molar-refractivity contribution in [1.29, 1.82) is 0 Å². The van der Waals surface area contributed by atoms with Crippen LogP contribution in [-0.2, 0) is 11.8 Å². The average molecular weight is 254 g/mol. The number of amides is 1. The zero-order valence-corrected chi connectivity index (χ0v) is 11.0. The molecule has 1 atom stereocenters. The van der Waals surface area contributed by atoms with Gasteiger partial charge >= 0.3 is 0 Å². The zero-order valence-electron chi connectivity index (χ0n) is 10.2. The molecule has 5 nitrogen and oxygen atoms in total. The van der Waals surface area contributed by atoms with E-state index >= 15 is 0 Å².